The third kappa shape index (κ3) is 4.58. The van der Waals surface area contributed by atoms with Crippen molar-refractivity contribution in [1.29, 1.82) is 0 Å². The van der Waals surface area contributed by atoms with Gasteiger partial charge in [-0.25, -0.2) is 0 Å². The molecule has 2 aromatic carbocycles. The van der Waals surface area contributed by atoms with Crippen molar-refractivity contribution in [1.82, 2.24) is 10.2 Å². The zero-order valence-electron chi connectivity index (χ0n) is 14.4. The number of thioether (sulfide) groups is 1. The molecule has 132 valence electrons. The lowest BCUT2D eigenvalue weighted by Gasteiger charge is -2.04. The molecule has 0 aliphatic heterocycles. The first kappa shape index (κ1) is 17.9. The van der Waals surface area contributed by atoms with E-state index in [0.717, 1.165) is 11.1 Å². The third-order valence-corrected chi connectivity index (χ3v) is 4.43. The molecule has 0 spiro atoms. The summed E-state index contributed by atoms with van der Waals surface area (Å²) in [5.74, 6) is 0.358. The monoisotopic (exact) mass is 367 g/mol. The third-order valence-electron chi connectivity index (χ3n) is 3.61. The van der Waals surface area contributed by atoms with Crippen LogP contribution in [0.15, 0.2) is 58.2 Å². The van der Waals surface area contributed by atoms with Gasteiger partial charge >= 0.3 is 0 Å². The van der Waals surface area contributed by atoms with Gasteiger partial charge in [0.1, 0.15) is 0 Å². The second-order valence-corrected chi connectivity index (χ2v) is 6.64. The van der Waals surface area contributed by atoms with Crippen LogP contribution in [0.1, 0.15) is 22.8 Å². The Bertz CT molecular complexity index is 918. The second kappa shape index (κ2) is 7.97. The van der Waals surface area contributed by atoms with Gasteiger partial charge in [-0.3, -0.25) is 9.59 Å². The highest BCUT2D eigenvalue weighted by atomic mass is 32.2. The number of nitrogens with zero attached hydrogens (tertiary/aromatic N) is 2. The number of nitrogens with one attached hydrogen (secondary N) is 1. The smallest absolute Gasteiger partial charge is 0.277 e. The quantitative estimate of drug-likeness (QED) is 0.524. The predicted molar refractivity (Wildman–Crippen MR) is 100 cm³/mol. The van der Waals surface area contributed by atoms with Crippen molar-refractivity contribution in [2.24, 2.45) is 0 Å². The van der Waals surface area contributed by atoms with Gasteiger partial charge in [0.15, 0.2) is 5.78 Å². The van der Waals surface area contributed by atoms with E-state index in [1.807, 2.05) is 31.2 Å². The lowest BCUT2D eigenvalue weighted by atomic mass is 10.1. The summed E-state index contributed by atoms with van der Waals surface area (Å²) in [4.78, 5) is 23.3. The highest BCUT2D eigenvalue weighted by Gasteiger charge is 2.11. The highest BCUT2D eigenvalue weighted by molar-refractivity contribution is 7.99. The topological polar surface area (TPSA) is 85.1 Å². The van der Waals surface area contributed by atoms with Crippen LogP contribution in [0.25, 0.3) is 11.5 Å². The van der Waals surface area contributed by atoms with Gasteiger partial charge in [-0.2, -0.15) is 0 Å². The summed E-state index contributed by atoms with van der Waals surface area (Å²) >= 11 is 1.17. The van der Waals surface area contributed by atoms with E-state index in [0.29, 0.717) is 22.4 Å². The van der Waals surface area contributed by atoms with Crippen LogP contribution in [0.5, 0.6) is 0 Å². The average Bonchev–Trinajstić information content (AvgIpc) is 3.10. The lowest BCUT2D eigenvalue weighted by Crippen LogP contribution is -2.14. The van der Waals surface area contributed by atoms with Crippen LogP contribution < -0.4 is 5.32 Å². The number of Topliss-reactive ketones (excluding diaryl/α,β-unsaturated/α-hetero) is 1. The number of hydrogen-bond donors (Lipinski definition) is 1. The zero-order chi connectivity index (χ0) is 18.5. The number of amides is 1. The van der Waals surface area contributed by atoms with Crippen LogP contribution >= 0.6 is 11.8 Å². The van der Waals surface area contributed by atoms with Gasteiger partial charge < -0.3 is 9.73 Å². The Labute approximate surface area is 155 Å². The average molecular weight is 367 g/mol. The summed E-state index contributed by atoms with van der Waals surface area (Å²) in [5.41, 5.74) is 3.22. The molecular formula is C19H17N3O3S. The summed E-state index contributed by atoms with van der Waals surface area (Å²) in [5, 5.41) is 11.1. The molecule has 0 radical (unpaired) electrons. The maximum absolute atomic E-state index is 12.0. The zero-order valence-corrected chi connectivity index (χ0v) is 15.2. The summed E-state index contributed by atoms with van der Waals surface area (Å²) in [6, 6.07) is 14.5. The number of carbonyl (C=O) groups excluding carboxylic acids is 2. The minimum Gasteiger partial charge on any atom is -0.411 e. The molecule has 0 fully saturated rings. The van der Waals surface area contributed by atoms with Crippen LogP contribution in [-0.2, 0) is 4.79 Å². The fraction of sp³-hybridized carbons (Fsp3) is 0.158. The molecule has 0 aliphatic carbocycles. The Morgan fingerprint density at radius 1 is 1.04 bits per heavy atom. The van der Waals surface area contributed by atoms with Crippen molar-refractivity contribution in [2.45, 2.75) is 19.1 Å². The minimum absolute atomic E-state index is 0.0146. The fourth-order valence-corrected chi connectivity index (χ4v) is 2.76. The van der Waals surface area contributed by atoms with Gasteiger partial charge in [0.25, 0.3) is 5.22 Å². The first-order chi connectivity index (χ1) is 12.5. The molecule has 3 aromatic rings. The van der Waals surface area contributed by atoms with E-state index in [1.54, 1.807) is 24.3 Å². The summed E-state index contributed by atoms with van der Waals surface area (Å²) in [6.07, 6.45) is 0. The van der Waals surface area contributed by atoms with Crippen molar-refractivity contribution in [3.63, 3.8) is 0 Å². The molecule has 0 saturated heterocycles. The Morgan fingerprint density at radius 2 is 1.73 bits per heavy atom. The van der Waals surface area contributed by atoms with E-state index in [4.69, 9.17) is 4.42 Å². The number of aryl methyl sites for hydroxylation is 1. The van der Waals surface area contributed by atoms with Crippen LogP contribution in [0, 0.1) is 6.92 Å². The number of aromatic nitrogens is 2. The Kier molecular flexibility index (Phi) is 5.48. The van der Waals surface area contributed by atoms with Crippen molar-refractivity contribution in [2.75, 3.05) is 11.1 Å². The Balaban J connectivity index is 1.54. The molecule has 1 heterocycles. The Morgan fingerprint density at radius 3 is 2.38 bits per heavy atom. The number of hydrogen-bond acceptors (Lipinski definition) is 6. The van der Waals surface area contributed by atoms with E-state index in [2.05, 4.69) is 15.5 Å². The van der Waals surface area contributed by atoms with Crippen LogP contribution in [0.2, 0.25) is 0 Å². The largest absolute Gasteiger partial charge is 0.411 e. The van der Waals surface area contributed by atoms with Crippen LogP contribution in [-0.4, -0.2) is 27.6 Å². The Hall–Kier alpha value is -2.93. The molecule has 6 nitrogen and oxygen atoms in total. The van der Waals surface area contributed by atoms with E-state index < -0.39 is 0 Å². The molecule has 1 amide bonds. The van der Waals surface area contributed by atoms with Gasteiger partial charge in [-0.15, -0.1) is 10.2 Å². The van der Waals surface area contributed by atoms with E-state index in [-0.39, 0.29) is 17.4 Å². The number of rotatable bonds is 6. The highest BCUT2D eigenvalue weighted by Crippen LogP contribution is 2.23. The molecule has 0 aliphatic rings. The van der Waals surface area contributed by atoms with E-state index in [9.17, 15) is 9.59 Å². The molecule has 0 unspecified atom stereocenters. The van der Waals surface area contributed by atoms with Crippen LogP contribution in [0.3, 0.4) is 0 Å². The maximum atomic E-state index is 12.0. The van der Waals surface area contributed by atoms with Gasteiger partial charge in [0.05, 0.1) is 5.75 Å². The molecule has 0 atom stereocenters. The van der Waals surface area contributed by atoms with Crippen molar-refractivity contribution in [3.8, 4) is 11.5 Å². The molecule has 26 heavy (non-hydrogen) atoms. The first-order valence-electron chi connectivity index (χ1n) is 7.95. The van der Waals surface area contributed by atoms with Gasteiger partial charge in [0, 0.05) is 16.8 Å². The standard InChI is InChI=1S/C19H17N3O3S/c1-12-3-5-15(6-4-12)18-21-22-19(25-18)26-11-17(24)20-16-9-7-14(8-10-16)13(2)23/h3-10H,11H2,1-2H3,(H,20,24). The second-order valence-electron chi connectivity index (χ2n) is 5.71. The van der Waals surface area contributed by atoms with Crippen molar-refractivity contribution < 1.29 is 14.0 Å². The van der Waals surface area contributed by atoms with Crippen molar-refractivity contribution >= 4 is 29.1 Å². The molecule has 1 aromatic heterocycles. The molecule has 0 saturated carbocycles. The molecular weight excluding hydrogens is 350 g/mol. The summed E-state index contributed by atoms with van der Waals surface area (Å²) in [6.45, 7) is 3.50. The van der Waals surface area contributed by atoms with E-state index in [1.165, 1.54) is 18.7 Å². The van der Waals surface area contributed by atoms with Crippen molar-refractivity contribution in [3.05, 3.63) is 59.7 Å². The molecule has 7 heteroatoms. The molecule has 0 bridgehead atoms. The minimum atomic E-state index is -0.194. The van der Waals surface area contributed by atoms with E-state index >= 15 is 0 Å². The number of benzene rings is 2. The SMILES string of the molecule is CC(=O)c1ccc(NC(=O)CSc2nnc(-c3ccc(C)cc3)o2)cc1. The lowest BCUT2D eigenvalue weighted by molar-refractivity contribution is -0.113. The van der Waals surface area contributed by atoms with Gasteiger partial charge in [-0.05, 0) is 50.2 Å². The van der Waals surface area contributed by atoms with Crippen LogP contribution in [0.4, 0.5) is 5.69 Å². The number of carbonyl (C=O) groups is 2. The normalized spacial score (nSPS) is 10.5. The molecule has 1 N–H and O–H groups in total. The predicted octanol–water partition coefficient (Wildman–Crippen LogP) is 3.98. The summed E-state index contributed by atoms with van der Waals surface area (Å²) < 4.78 is 5.58. The number of ketones is 1. The first-order valence-corrected chi connectivity index (χ1v) is 8.94. The molecule has 3 rings (SSSR count). The maximum Gasteiger partial charge on any atom is 0.277 e. The van der Waals surface area contributed by atoms with Gasteiger partial charge in [0.2, 0.25) is 11.8 Å². The summed E-state index contributed by atoms with van der Waals surface area (Å²) in [7, 11) is 0. The fourth-order valence-electron chi connectivity index (χ4n) is 2.19. The number of anilines is 1. The van der Waals surface area contributed by atoms with Gasteiger partial charge in [-0.1, -0.05) is 29.5 Å².